The number of carboxylic acids is 1. The maximum absolute atomic E-state index is 12.9. The highest BCUT2D eigenvalue weighted by atomic mass is 19.1. The van der Waals surface area contributed by atoms with Gasteiger partial charge >= 0.3 is 5.97 Å². The maximum atomic E-state index is 12.9. The minimum absolute atomic E-state index is 0.121. The number of hydrogen-bond donors (Lipinski definition) is 3. The summed E-state index contributed by atoms with van der Waals surface area (Å²) in [5.74, 6) is -1.81. The molecule has 0 saturated carbocycles. The molecule has 1 rings (SSSR count). The van der Waals surface area contributed by atoms with E-state index in [4.69, 9.17) is 16.6 Å². The summed E-state index contributed by atoms with van der Waals surface area (Å²) in [6, 6.07) is 2.91. The van der Waals surface area contributed by atoms with Crippen LogP contribution < -0.4 is 11.5 Å². The van der Waals surface area contributed by atoms with Crippen LogP contribution in [0.4, 0.5) is 4.39 Å². The van der Waals surface area contributed by atoms with E-state index in [1.54, 1.807) is 0 Å². The van der Waals surface area contributed by atoms with Crippen molar-refractivity contribution in [3.63, 3.8) is 0 Å². The molecule has 0 fully saturated rings. The number of nitrogens with two attached hydrogens (primary N) is 2. The van der Waals surface area contributed by atoms with Crippen LogP contribution in [-0.2, 0) is 0 Å². The normalized spacial score (nSPS) is 12.5. The number of benzene rings is 1. The summed E-state index contributed by atoms with van der Waals surface area (Å²) in [5.41, 5.74) is 11.1. The quantitative estimate of drug-likeness (QED) is 0.659. The molecule has 14 heavy (non-hydrogen) atoms. The Morgan fingerprint density at radius 1 is 1.50 bits per heavy atom. The van der Waals surface area contributed by atoms with Crippen molar-refractivity contribution in [3.05, 3.63) is 35.1 Å². The highest BCUT2D eigenvalue weighted by Gasteiger charge is 2.10. The second-order valence-corrected chi connectivity index (χ2v) is 2.92. The topological polar surface area (TPSA) is 89.3 Å². The van der Waals surface area contributed by atoms with Crippen molar-refractivity contribution in [1.29, 1.82) is 0 Å². The fourth-order valence-corrected chi connectivity index (χ4v) is 1.09. The smallest absolute Gasteiger partial charge is 0.335 e. The monoisotopic (exact) mass is 198 g/mol. The third-order valence-electron chi connectivity index (χ3n) is 1.85. The van der Waals surface area contributed by atoms with Gasteiger partial charge < -0.3 is 16.6 Å². The molecule has 1 atom stereocenters. The lowest BCUT2D eigenvalue weighted by molar-refractivity contribution is 0.0696. The van der Waals surface area contributed by atoms with Gasteiger partial charge in [-0.1, -0.05) is 0 Å². The lowest BCUT2D eigenvalue weighted by Gasteiger charge is -2.09. The van der Waals surface area contributed by atoms with Crippen molar-refractivity contribution in [2.24, 2.45) is 11.5 Å². The summed E-state index contributed by atoms with van der Waals surface area (Å²) in [5, 5.41) is 8.65. The Morgan fingerprint density at radius 3 is 2.64 bits per heavy atom. The Morgan fingerprint density at radius 2 is 2.14 bits per heavy atom. The standard InChI is InChI=1S/C9H11FN2O2/c10-7-2-5(8(12)4-11)1-6(3-7)9(13)14/h1-3,8H,4,11-12H2,(H,13,14). The molecule has 1 aromatic rings. The first-order chi connectivity index (χ1) is 6.54. The Balaban J connectivity index is 3.13. The van der Waals surface area contributed by atoms with E-state index in [9.17, 15) is 9.18 Å². The zero-order valence-electron chi connectivity index (χ0n) is 7.40. The van der Waals surface area contributed by atoms with Crippen molar-refractivity contribution >= 4 is 5.97 Å². The Labute approximate surface area is 80.3 Å². The molecule has 0 saturated heterocycles. The van der Waals surface area contributed by atoms with Gasteiger partial charge in [0, 0.05) is 12.6 Å². The van der Waals surface area contributed by atoms with E-state index in [1.165, 1.54) is 12.1 Å². The minimum Gasteiger partial charge on any atom is -0.478 e. The van der Waals surface area contributed by atoms with Gasteiger partial charge in [0.25, 0.3) is 0 Å². The van der Waals surface area contributed by atoms with Gasteiger partial charge in [0.2, 0.25) is 0 Å². The summed E-state index contributed by atoms with van der Waals surface area (Å²) in [4.78, 5) is 10.6. The van der Waals surface area contributed by atoms with E-state index in [-0.39, 0.29) is 12.1 Å². The number of aromatic carboxylic acids is 1. The SMILES string of the molecule is NCC(N)c1cc(F)cc(C(=O)O)c1. The number of carboxylic acid groups (broad SMARTS) is 1. The second-order valence-electron chi connectivity index (χ2n) is 2.92. The molecular formula is C9H11FN2O2. The molecule has 0 heterocycles. The van der Waals surface area contributed by atoms with E-state index < -0.39 is 17.8 Å². The summed E-state index contributed by atoms with van der Waals surface area (Å²) < 4.78 is 12.9. The fourth-order valence-electron chi connectivity index (χ4n) is 1.09. The summed E-state index contributed by atoms with van der Waals surface area (Å²) in [6.45, 7) is 0.141. The highest BCUT2D eigenvalue weighted by molar-refractivity contribution is 5.87. The summed E-state index contributed by atoms with van der Waals surface area (Å²) in [6.07, 6.45) is 0. The van der Waals surface area contributed by atoms with Crippen LogP contribution in [0.1, 0.15) is 22.0 Å². The van der Waals surface area contributed by atoms with Gasteiger partial charge in [0.05, 0.1) is 5.56 Å². The van der Waals surface area contributed by atoms with Gasteiger partial charge in [0.15, 0.2) is 0 Å². The Bertz CT molecular complexity index is 355. The average Bonchev–Trinajstić information content (AvgIpc) is 2.15. The van der Waals surface area contributed by atoms with Gasteiger partial charge in [-0.05, 0) is 23.8 Å². The first-order valence-electron chi connectivity index (χ1n) is 4.04. The second kappa shape index (κ2) is 4.17. The average molecular weight is 198 g/mol. The first-order valence-corrected chi connectivity index (χ1v) is 4.04. The van der Waals surface area contributed by atoms with Gasteiger partial charge in [-0.3, -0.25) is 0 Å². The Kier molecular flexibility index (Phi) is 3.16. The van der Waals surface area contributed by atoms with Gasteiger partial charge in [-0.15, -0.1) is 0 Å². The fraction of sp³-hybridized carbons (Fsp3) is 0.222. The molecule has 76 valence electrons. The van der Waals surface area contributed by atoms with Crippen LogP contribution >= 0.6 is 0 Å². The number of hydrogen-bond acceptors (Lipinski definition) is 3. The molecule has 1 aromatic carbocycles. The van der Waals surface area contributed by atoms with Crippen LogP contribution in [0, 0.1) is 5.82 Å². The van der Waals surface area contributed by atoms with Gasteiger partial charge in [-0.2, -0.15) is 0 Å². The van der Waals surface area contributed by atoms with Crippen molar-refractivity contribution in [2.45, 2.75) is 6.04 Å². The summed E-state index contributed by atoms with van der Waals surface area (Å²) >= 11 is 0. The van der Waals surface area contributed by atoms with E-state index in [0.717, 1.165) is 6.07 Å². The van der Waals surface area contributed by atoms with Crippen LogP contribution in [0.15, 0.2) is 18.2 Å². The highest BCUT2D eigenvalue weighted by Crippen LogP contribution is 2.14. The molecule has 0 aliphatic rings. The Hall–Kier alpha value is -1.46. The first kappa shape index (κ1) is 10.6. The lowest BCUT2D eigenvalue weighted by atomic mass is 10.0. The zero-order valence-corrected chi connectivity index (χ0v) is 7.40. The van der Waals surface area contributed by atoms with E-state index in [2.05, 4.69) is 0 Å². The molecule has 0 aliphatic carbocycles. The van der Waals surface area contributed by atoms with E-state index >= 15 is 0 Å². The zero-order chi connectivity index (χ0) is 10.7. The molecule has 5 heteroatoms. The largest absolute Gasteiger partial charge is 0.478 e. The van der Waals surface area contributed by atoms with Crippen molar-refractivity contribution < 1.29 is 14.3 Å². The molecule has 0 aliphatic heterocycles. The predicted molar refractivity (Wildman–Crippen MR) is 49.3 cm³/mol. The molecule has 0 amide bonds. The molecule has 1 unspecified atom stereocenters. The number of halogens is 1. The molecule has 0 radical (unpaired) electrons. The minimum atomic E-state index is -1.19. The molecular weight excluding hydrogens is 187 g/mol. The van der Waals surface area contributed by atoms with Crippen LogP contribution in [0.3, 0.4) is 0 Å². The van der Waals surface area contributed by atoms with E-state index in [1.807, 2.05) is 0 Å². The number of carbonyl (C=O) groups is 1. The third-order valence-corrected chi connectivity index (χ3v) is 1.85. The van der Waals surface area contributed by atoms with Crippen molar-refractivity contribution in [3.8, 4) is 0 Å². The number of rotatable bonds is 3. The predicted octanol–water partition coefficient (Wildman–Crippen LogP) is 0.482. The molecule has 4 nitrogen and oxygen atoms in total. The van der Waals surface area contributed by atoms with Crippen LogP contribution in [0.25, 0.3) is 0 Å². The van der Waals surface area contributed by atoms with Crippen molar-refractivity contribution in [2.75, 3.05) is 6.54 Å². The van der Waals surface area contributed by atoms with Crippen molar-refractivity contribution in [1.82, 2.24) is 0 Å². The van der Waals surface area contributed by atoms with Gasteiger partial charge in [0.1, 0.15) is 5.82 Å². The van der Waals surface area contributed by atoms with Crippen LogP contribution in [0.2, 0.25) is 0 Å². The van der Waals surface area contributed by atoms with Gasteiger partial charge in [-0.25, -0.2) is 9.18 Å². The molecule has 5 N–H and O–H groups in total. The molecule has 0 bridgehead atoms. The van der Waals surface area contributed by atoms with E-state index in [0.29, 0.717) is 5.56 Å². The van der Waals surface area contributed by atoms with Crippen LogP contribution in [0.5, 0.6) is 0 Å². The summed E-state index contributed by atoms with van der Waals surface area (Å²) in [7, 11) is 0. The third kappa shape index (κ3) is 2.27. The molecule has 0 aromatic heterocycles. The molecule has 0 spiro atoms. The van der Waals surface area contributed by atoms with Crippen LogP contribution in [-0.4, -0.2) is 17.6 Å². The maximum Gasteiger partial charge on any atom is 0.335 e. The lowest BCUT2D eigenvalue weighted by Crippen LogP contribution is -2.21.